The van der Waals surface area contributed by atoms with Crippen LogP contribution in [0.3, 0.4) is 0 Å². The molecule has 0 radical (unpaired) electrons. The average molecular weight is 697 g/mol. The van der Waals surface area contributed by atoms with E-state index in [-0.39, 0.29) is 39.5 Å². The second-order valence-corrected chi connectivity index (χ2v) is 14.9. The van der Waals surface area contributed by atoms with Crippen molar-refractivity contribution in [3.8, 4) is 5.75 Å². The first-order chi connectivity index (χ1) is 22.2. The summed E-state index contributed by atoms with van der Waals surface area (Å²) in [5.74, 6) is -0.396. The molecule has 1 atom stereocenters. The molecule has 0 saturated carbocycles. The zero-order valence-corrected chi connectivity index (χ0v) is 29.4. The fraction of sp³-hybridized carbons (Fsp3) is 0.278. The third-order valence-electron chi connectivity index (χ3n) is 7.34. The molecular weight excluding hydrogens is 657 g/mol. The molecule has 0 aliphatic rings. The molecule has 0 heterocycles. The van der Waals surface area contributed by atoms with Crippen molar-refractivity contribution in [3.05, 3.63) is 124 Å². The van der Waals surface area contributed by atoms with Crippen molar-refractivity contribution in [1.82, 2.24) is 10.2 Å². The molecule has 4 rings (SSSR count). The lowest BCUT2D eigenvalue weighted by Crippen LogP contribution is -2.56. The summed E-state index contributed by atoms with van der Waals surface area (Å²) in [6, 6.07) is 26.3. The monoisotopic (exact) mass is 695 g/mol. The standard InChI is InChI=1S/C36H39Cl2N3O5S/c1-25-14-17-30(18-15-25)47(44,45)41(28-16-19-31(37)32(38)22-28)24-34(42)40(23-27-12-9-13-29(20-27)46-5)33(35(43)39-36(2,3)4)21-26-10-7-6-8-11-26/h6-20,22,33H,21,23-24H2,1-5H3,(H,39,43)/t33-/m0/s1. The lowest BCUT2D eigenvalue weighted by molar-refractivity contribution is -0.140. The maximum Gasteiger partial charge on any atom is 0.264 e. The summed E-state index contributed by atoms with van der Waals surface area (Å²) in [5.41, 5.74) is 1.95. The van der Waals surface area contributed by atoms with Crippen LogP contribution in [0.4, 0.5) is 5.69 Å². The maximum absolute atomic E-state index is 14.6. The normalized spacial score (nSPS) is 12.2. The van der Waals surface area contributed by atoms with E-state index < -0.39 is 34.1 Å². The van der Waals surface area contributed by atoms with E-state index in [4.69, 9.17) is 27.9 Å². The van der Waals surface area contributed by atoms with Gasteiger partial charge in [-0.1, -0.05) is 83.4 Å². The highest BCUT2D eigenvalue weighted by molar-refractivity contribution is 7.92. The van der Waals surface area contributed by atoms with Gasteiger partial charge in [0.1, 0.15) is 18.3 Å². The molecule has 0 unspecified atom stereocenters. The van der Waals surface area contributed by atoms with Gasteiger partial charge in [-0.25, -0.2) is 8.42 Å². The van der Waals surface area contributed by atoms with E-state index in [2.05, 4.69) is 5.32 Å². The van der Waals surface area contributed by atoms with Gasteiger partial charge in [-0.15, -0.1) is 0 Å². The molecule has 0 spiro atoms. The Kier molecular flexibility index (Phi) is 11.6. The third-order valence-corrected chi connectivity index (χ3v) is 9.86. The number of hydrogen-bond acceptors (Lipinski definition) is 5. The lowest BCUT2D eigenvalue weighted by Gasteiger charge is -2.35. The number of methoxy groups -OCH3 is 1. The van der Waals surface area contributed by atoms with Crippen LogP contribution < -0.4 is 14.4 Å². The number of carbonyl (C=O) groups excluding carboxylic acids is 2. The van der Waals surface area contributed by atoms with E-state index in [0.717, 1.165) is 15.4 Å². The zero-order valence-electron chi connectivity index (χ0n) is 27.0. The van der Waals surface area contributed by atoms with Crippen molar-refractivity contribution in [2.24, 2.45) is 0 Å². The molecule has 1 N–H and O–H groups in total. The van der Waals surface area contributed by atoms with Gasteiger partial charge in [-0.2, -0.15) is 0 Å². The van der Waals surface area contributed by atoms with Crippen molar-refractivity contribution >= 4 is 50.7 Å². The predicted molar refractivity (Wildman–Crippen MR) is 188 cm³/mol. The second-order valence-electron chi connectivity index (χ2n) is 12.2. The number of nitrogens with one attached hydrogen (secondary N) is 1. The van der Waals surface area contributed by atoms with Gasteiger partial charge < -0.3 is 15.0 Å². The molecule has 0 fully saturated rings. The van der Waals surface area contributed by atoms with E-state index in [0.29, 0.717) is 11.3 Å². The summed E-state index contributed by atoms with van der Waals surface area (Å²) in [5, 5.41) is 3.38. The van der Waals surface area contributed by atoms with Crippen molar-refractivity contribution in [3.63, 3.8) is 0 Å². The minimum Gasteiger partial charge on any atom is -0.497 e. The first kappa shape index (κ1) is 35.8. The number of carbonyl (C=O) groups is 2. The van der Waals surface area contributed by atoms with Gasteiger partial charge in [0.05, 0.1) is 27.7 Å². The number of amides is 2. The van der Waals surface area contributed by atoms with E-state index >= 15 is 0 Å². The lowest BCUT2D eigenvalue weighted by atomic mass is 10.0. The summed E-state index contributed by atoms with van der Waals surface area (Å²) in [7, 11) is -2.74. The molecule has 0 bridgehead atoms. The molecule has 47 heavy (non-hydrogen) atoms. The van der Waals surface area contributed by atoms with E-state index in [1.807, 2.05) is 64.1 Å². The van der Waals surface area contributed by atoms with Crippen LogP contribution in [0.1, 0.15) is 37.5 Å². The van der Waals surface area contributed by atoms with Crippen LogP contribution in [0.15, 0.2) is 102 Å². The van der Waals surface area contributed by atoms with Crippen LogP contribution in [0.2, 0.25) is 10.0 Å². The zero-order chi connectivity index (χ0) is 34.4. The van der Waals surface area contributed by atoms with Crippen LogP contribution in [-0.4, -0.2) is 50.4 Å². The van der Waals surface area contributed by atoms with Crippen molar-refractivity contribution < 1.29 is 22.7 Å². The molecule has 4 aromatic carbocycles. The highest BCUT2D eigenvalue weighted by Gasteiger charge is 2.35. The Morgan fingerprint density at radius 1 is 0.851 bits per heavy atom. The van der Waals surface area contributed by atoms with E-state index in [1.54, 1.807) is 37.4 Å². The summed E-state index contributed by atoms with van der Waals surface area (Å²) in [6.07, 6.45) is 0.190. The van der Waals surface area contributed by atoms with Crippen molar-refractivity contribution in [2.45, 2.75) is 57.1 Å². The number of hydrogen-bond donors (Lipinski definition) is 1. The minimum absolute atomic E-state index is 0.00485. The molecule has 2 amide bonds. The fourth-order valence-corrected chi connectivity index (χ4v) is 6.68. The fourth-order valence-electron chi connectivity index (χ4n) is 4.98. The Labute approximate surface area is 287 Å². The van der Waals surface area contributed by atoms with Crippen LogP contribution in [0, 0.1) is 6.92 Å². The Morgan fingerprint density at radius 3 is 2.13 bits per heavy atom. The Bertz CT molecular complexity index is 1810. The number of benzene rings is 4. The van der Waals surface area contributed by atoms with Gasteiger partial charge in [-0.3, -0.25) is 13.9 Å². The van der Waals surface area contributed by atoms with Crippen molar-refractivity contribution in [2.75, 3.05) is 18.0 Å². The number of anilines is 1. The number of sulfonamides is 1. The van der Waals surface area contributed by atoms with Crippen LogP contribution >= 0.6 is 23.2 Å². The van der Waals surface area contributed by atoms with Gasteiger partial charge in [0.25, 0.3) is 10.0 Å². The summed E-state index contributed by atoms with van der Waals surface area (Å²) in [6.45, 7) is 6.82. The highest BCUT2D eigenvalue weighted by Crippen LogP contribution is 2.31. The van der Waals surface area contributed by atoms with Gasteiger partial charge in [0, 0.05) is 18.5 Å². The highest BCUT2D eigenvalue weighted by atomic mass is 35.5. The quantitative estimate of drug-likeness (QED) is 0.171. The molecule has 248 valence electrons. The largest absolute Gasteiger partial charge is 0.497 e. The van der Waals surface area contributed by atoms with Crippen LogP contribution in [0.25, 0.3) is 0 Å². The Morgan fingerprint density at radius 2 is 1.51 bits per heavy atom. The second kappa shape index (κ2) is 15.2. The van der Waals surface area contributed by atoms with Gasteiger partial charge in [0.2, 0.25) is 11.8 Å². The Balaban J connectivity index is 1.84. The maximum atomic E-state index is 14.6. The molecule has 0 aliphatic carbocycles. The first-order valence-electron chi connectivity index (χ1n) is 15.0. The summed E-state index contributed by atoms with van der Waals surface area (Å²) in [4.78, 5) is 30.1. The smallest absolute Gasteiger partial charge is 0.264 e. The average Bonchev–Trinajstić information content (AvgIpc) is 3.02. The number of aryl methyl sites for hydroxylation is 1. The number of nitrogens with zero attached hydrogens (tertiary/aromatic N) is 2. The molecule has 0 aromatic heterocycles. The summed E-state index contributed by atoms with van der Waals surface area (Å²) >= 11 is 12.5. The number of halogens is 2. The third kappa shape index (κ3) is 9.50. The predicted octanol–water partition coefficient (Wildman–Crippen LogP) is 7.06. The number of ether oxygens (including phenoxy) is 1. The number of rotatable bonds is 12. The van der Waals surface area contributed by atoms with Gasteiger partial charge in [0.15, 0.2) is 0 Å². The molecule has 4 aromatic rings. The van der Waals surface area contributed by atoms with Crippen LogP contribution in [-0.2, 0) is 32.6 Å². The van der Waals surface area contributed by atoms with Crippen molar-refractivity contribution in [1.29, 1.82) is 0 Å². The molecule has 0 aliphatic heterocycles. The first-order valence-corrected chi connectivity index (χ1v) is 17.2. The van der Waals surface area contributed by atoms with Crippen LogP contribution in [0.5, 0.6) is 5.75 Å². The minimum atomic E-state index is -4.28. The van der Waals surface area contributed by atoms with E-state index in [9.17, 15) is 18.0 Å². The van der Waals surface area contributed by atoms with Gasteiger partial charge in [-0.05, 0) is 81.3 Å². The molecule has 8 nitrogen and oxygen atoms in total. The molecule has 11 heteroatoms. The molecule has 0 saturated heterocycles. The summed E-state index contributed by atoms with van der Waals surface area (Å²) < 4.78 is 34.8. The topological polar surface area (TPSA) is 96.0 Å². The molecular formula is C36H39Cl2N3O5S. The van der Waals surface area contributed by atoms with E-state index in [1.165, 1.54) is 35.2 Å². The SMILES string of the molecule is COc1cccc(CN(C(=O)CN(c2ccc(Cl)c(Cl)c2)S(=O)(=O)c2ccc(C)cc2)[C@@H](Cc2ccccc2)C(=O)NC(C)(C)C)c1. The Hall–Kier alpha value is -4.05. The van der Waals surface area contributed by atoms with Gasteiger partial charge >= 0.3 is 0 Å².